The van der Waals surface area contributed by atoms with Crippen LogP contribution < -0.4 is 5.32 Å². The topological polar surface area (TPSA) is 93.1 Å². The minimum absolute atomic E-state index is 0.0351. The van der Waals surface area contributed by atoms with Crippen molar-refractivity contribution in [1.29, 1.82) is 0 Å². The molecule has 26 heavy (non-hydrogen) atoms. The van der Waals surface area contributed by atoms with Gasteiger partial charge < -0.3 is 15.0 Å². The van der Waals surface area contributed by atoms with Crippen LogP contribution in [0, 0.1) is 6.92 Å². The van der Waals surface area contributed by atoms with Crippen molar-refractivity contribution < 1.29 is 9.53 Å². The summed E-state index contributed by atoms with van der Waals surface area (Å²) in [7, 11) is 1.61. The number of anilines is 2. The van der Waals surface area contributed by atoms with Crippen LogP contribution in [0.5, 0.6) is 0 Å². The van der Waals surface area contributed by atoms with Gasteiger partial charge in [-0.15, -0.1) is 0 Å². The Balaban J connectivity index is 1.83. The van der Waals surface area contributed by atoms with Gasteiger partial charge in [0.05, 0.1) is 24.8 Å². The molecule has 1 unspecified atom stereocenters. The minimum Gasteiger partial charge on any atom is -0.384 e. The van der Waals surface area contributed by atoms with Crippen LogP contribution in [0.2, 0.25) is 0 Å². The molecule has 1 amide bonds. The van der Waals surface area contributed by atoms with Crippen molar-refractivity contribution >= 4 is 17.7 Å². The van der Waals surface area contributed by atoms with E-state index < -0.39 is 0 Å². The summed E-state index contributed by atoms with van der Waals surface area (Å²) in [5.74, 6) is 1.87. The van der Waals surface area contributed by atoms with Crippen LogP contribution in [-0.2, 0) is 9.53 Å². The Morgan fingerprint density at radius 2 is 2.12 bits per heavy atom. The van der Waals surface area contributed by atoms with Crippen molar-refractivity contribution in [3.05, 3.63) is 36.0 Å². The van der Waals surface area contributed by atoms with Crippen LogP contribution in [0.3, 0.4) is 0 Å². The lowest BCUT2D eigenvalue weighted by atomic mass is 9.98. The van der Waals surface area contributed by atoms with Crippen LogP contribution in [-0.4, -0.2) is 51.0 Å². The lowest BCUT2D eigenvalue weighted by Gasteiger charge is -2.35. The number of aromatic nitrogens is 4. The van der Waals surface area contributed by atoms with Crippen molar-refractivity contribution in [2.45, 2.75) is 38.6 Å². The van der Waals surface area contributed by atoms with E-state index in [0.29, 0.717) is 30.6 Å². The fourth-order valence-electron chi connectivity index (χ4n) is 3.17. The van der Waals surface area contributed by atoms with Gasteiger partial charge in [0.25, 0.3) is 0 Å². The number of methoxy groups -OCH3 is 1. The Hall–Kier alpha value is -2.61. The maximum atomic E-state index is 12.6. The molecule has 1 saturated heterocycles. The summed E-state index contributed by atoms with van der Waals surface area (Å²) < 4.78 is 5.05. The van der Waals surface area contributed by atoms with E-state index in [1.807, 2.05) is 17.9 Å². The number of carbonyl (C=O) groups is 1. The maximum absolute atomic E-state index is 12.6. The molecular formula is C18H24N6O2. The van der Waals surface area contributed by atoms with Crippen molar-refractivity contribution in [3.63, 3.8) is 0 Å². The summed E-state index contributed by atoms with van der Waals surface area (Å²) in [6, 6.07) is 3.61. The molecule has 2 aromatic rings. The van der Waals surface area contributed by atoms with Crippen molar-refractivity contribution in [2.24, 2.45) is 0 Å². The van der Waals surface area contributed by atoms with Gasteiger partial charge in [0, 0.05) is 32.1 Å². The Morgan fingerprint density at radius 3 is 2.88 bits per heavy atom. The smallest absolute Gasteiger partial charge is 0.228 e. The number of nitrogens with one attached hydrogen (secondary N) is 1. The number of hydrogen-bond acceptors (Lipinski definition) is 7. The SMILES string of the molecule is COCCC(=O)N1CCCCC1c1cc(Nc2ncccn2)nc(C)n1. The summed E-state index contributed by atoms with van der Waals surface area (Å²) in [5, 5.41) is 3.11. The van der Waals surface area contributed by atoms with E-state index in [0.717, 1.165) is 31.5 Å². The van der Waals surface area contributed by atoms with E-state index in [1.54, 1.807) is 25.6 Å². The quantitative estimate of drug-likeness (QED) is 0.849. The van der Waals surface area contributed by atoms with Crippen molar-refractivity contribution in [2.75, 3.05) is 25.6 Å². The number of rotatable bonds is 6. The second-order valence-electron chi connectivity index (χ2n) is 6.26. The van der Waals surface area contributed by atoms with Gasteiger partial charge in [-0.25, -0.2) is 19.9 Å². The summed E-state index contributed by atoms with van der Waals surface area (Å²) >= 11 is 0. The molecule has 8 nitrogen and oxygen atoms in total. The van der Waals surface area contributed by atoms with Crippen molar-refractivity contribution in [3.8, 4) is 0 Å². The van der Waals surface area contributed by atoms with Gasteiger partial charge in [-0.05, 0) is 32.3 Å². The summed E-state index contributed by atoms with van der Waals surface area (Å²) in [5.41, 5.74) is 0.849. The van der Waals surface area contributed by atoms with E-state index in [-0.39, 0.29) is 11.9 Å². The molecule has 138 valence electrons. The molecular weight excluding hydrogens is 332 g/mol. The zero-order chi connectivity index (χ0) is 18.4. The highest BCUT2D eigenvalue weighted by Gasteiger charge is 2.29. The first-order valence-corrected chi connectivity index (χ1v) is 8.85. The van der Waals surface area contributed by atoms with Gasteiger partial charge in [0.2, 0.25) is 11.9 Å². The predicted molar refractivity (Wildman–Crippen MR) is 96.9 cm³/mol. The van der Waals surface area contributed by atoms with E-state index in [2.05, 4.69) is 25.3 Å². The number of carbonyl (C=O) groups excluding carboxylic acids is 1. The predicted octanol–water partition coefficient (Wildman–Crippen LogP) is 2.41. The van der Waals surface area contributed by atoms with Crippen molar-refractivity contribution in [1.82, 2.24) is 24.8 Å². The number of aryl methyl sites for hydroxylation is 1. The number of ether oxygens (including phenoxy) is 1. The van der Waals surface area contributed by atoms with E-state index in [9.17, 15) is 4.79 Å². The highest BCUT2D eigenvalue weighted by Crippen LogP contribution is 2.31. The second kappa shape index (κ2) is 8.66. The first kappa shape index (κ1) is 18.2. The molecule has 1 fully saturated rings. The van der Waals surface area contributed by atoms with Crippen LogP contribution in [0.4, 0.5) is 11.8 Å². The Bertz CT molecular complexity index is 740. The van der Waals surface area contributed by atoms with Gasteiger partial charge in [-0.3, -0.25) is 4.79 Å². The van der Waals surface area contributed by atoms with Crippen LogP contribution >= 0.6 is 0 Å². The molecule has 0 bridgehead atoms. The fraction of sp³-hybridized carbons (Fsp3) is 0.500. The minimum atomic E-state index is -0.0351. The van der Waals surface area contributed by atoms with Gasteiger partial charge >= 0.3 is 0 Å². The number of amides is 1. The molecule has 3 heterocycles. The molecule has 1 aliphatic rings. The Morgan fingerprint density at radius 1 is 1.31 bits per heavy atom. The molecule has 2 aromatic heterocycles. The highest BCUT2D eigenvalue weighted by molar-refractivity contribution is 5.77. The average molecular weight is 356 g/mol. The van der Waals surface area contributed by atoms with E-state index >= 15 is 0 Å². The van der Waals surface area contributed by atoms with Gasteiger partial charge in [-0.2, -0.15) is 0 Å². The normalized spacial score (nSPS) is 17.2. The van der Waals surface area contributed by atoms with Gasteiger partial charge in [0.15, 0.2) is 0 Å². The number of nitrogens with zero attached hydrogens (tertiary/aromatic N) is 5. The summed E-state index contributed by atoms with van der Waals surface area (Å²) in [6.07, 6.45) is 6.72. The lowest BCUT2D eigenvalue weighted by molar-refractivity contribution is -0.136. The van der Waals surface area contributed by atoms with Crippen LogP contribution in [0.25, 0.3) is 0 Å². The summed E-state index contributed by atoms with van der Waals surface area (Å²) in [6.45, 7) is 3.03. The standard InChI is InChI=1S/C18H24N6O2/c1-13-21-14(12-16(22-13)23-18-19-8-5-9-20-18)15-6-3-4-10-24(15)17(25)7-11-26-2/h5,8-9,12,15H,3-4,6-7,10-11H2,1-2H3,(H,19,20,21,22,23). The molecule has 1 aliphatic heterocycles. The van der Waals surface area contributed by atoms with E-state index in [1.165, 1.54) is 0 Å². The third-order valence-corrected chi connectivity index (χ3v) is 4.35. The molecule has 0 radical (unpaired) electrons. The second-order valence-corrected chi connectivity index (χ2v) is 6.26. The molecule has 1 atom stereocenters. The van der Waals surface area contributed by atoms with Crippen LogP contribution in [0.15, 0.2) is 24.5 Å². The zero-order valence-electron chi connectivity index (χ0n) is 15.2. The zero-order valence-corrected chi connectivity index (χ0v) is 15.2. The largest absolute Gasteiger partial charge is 0.384 e. The first-order valence-electron chi connectivity index (χ1n) is 8.85. The number of hydrogen-bond donors (Lipinski definition) is 1. The van der Waals surface area contributed by atoms with Gasteiger partial charge in [-0.1, -0.05) is 0 Å². The maximum Gasteiger partial charge on any atom is 0.228 e. The lowest BCUT2D eigenvalue weighted by Crippen LogP contribution is -2.39. The number of piperidine rings is 1. The summed E-state index contributed by atoms with van der Waals surface area (Å²) in [4.78, 5) is 31.8. The number of likely N-dealkylation sites (tertiary alicyclic amines) is 1. The Labute approximate surface area is 153 Å². The highest BCUT2D eigenvalue weighted by atomic mass is 16.5. The molecule has 8 heteroatoms. The molecule has 0 aromatic carbocycles. The first-order chi connectivity index (χ1) is 12.7. The molecule has 0 saturated carbocycles. The van der Waals surface area contributed by atoms with Crippen LogP contribution in [0.1, 0.15) is 43.2 Å². The van der Waals surface area contributed by atoms with E-state index in [4.69, 9.17) is 4.74 Å². The fourth-order valence-corrected chi connectivity index (χ4v) is 3.17. The third-order valence-electron chi connectivity index (χ3n) is 4.35. The van der Waals surface area contributed by atoms with Gasteiger partial charge in [0.1, 0.15) is 11.6 Å². The molecule has 0 spiro atoms. The molecule has 1 N–H and O–H groups in total. The third kappa shape index (κ3) is 4.51. The monoisotopic (exact) mass is 356 g/mol. The average Bonchev–Trinajstić information content (AvgIpc) is 2.66. The Kier molecular flexibility index (Phi) is 6.06. The molecule has 3 rings (SSSR count). The molecule has 0 aliphatic carbocycles.